The molecule has 120 valence electrons. The van der Waals surface area contributed by atoms with Crippen LogP contribution >= 0.6 is 58.0 Å². The maximum Gasteiger partial charge on any atom is 0.419 e. The van der Waals surface area contributed by atoms with Crippen LogP contribution in [0.25, 0.3) is 11.1 Å². The minimum atomic E-state index is -4.78. The van der Waals surface area contributed by atoms with Crippen molar-refractivity contribution in [1.82, 2.24) is 4.98 Å². The first-order valence-electron chi connectivity index (χ1n) is 5.58. The van der Waals surface area contributed by atoms with E-state index in [2.05, 4.69) is 4.98 Å². The average molecular weight is 420 g/mol. The molecule has 0 fully saturated rings. The summed E-state index contributed by atoms with van der Waals surface area (Å²) in [7, 11) is 0. The van der Waals surface area contributed by atoms with Crippen LogP contribution in [0.2, 0.25) is 25.1 Å². The van der Waals surface area contributed by atoms with Crippen LogP contribution in [-0.4, -0.2) is 4.98 Å². The zero-order chi connectivity index (χ0) is 17.5. The van der Waals surface area contributed by atoms with Gasteiger partial charge in [-0.15, -0.1) is 0 Å². The van der Waals surface area contributed by atoms with Crippen molar-refractivity contribution in [3.05, 3.63) is 48.6 Å². The molecule has 0 saturated heterocycles. The smallest absolute Gasteiger partial charge is 0.244 e. The molecular weight excluding hydrogens is 418 g/mol. The number of hydrogen-bond acceptors (Lipinski definition) is 2. The Kier molecular flexibility index (Phi) is 5.24. The van der Waals surface area contributed by atoms with E-state index in [-0.39, 0.29) is 36.2 Å². The van der Waals surface area contributed by atoms with Crippen LogP contribution in [0, 0.1) is 11.3 Å². The molecule has 2 nitrogen and oxygen atoms in total. The van der Waals surface area contributed by atoms with Crippen LogP contribution < -0.4 is 0 Å². The van der Waals surface area contributed by atoms with Crippen molar-refractivity contribution in [3.63, 3.8) is 0 Å². The number of nitrogens with zero attached hydrogens (tertiary/aromatic N) is 2. The zero-order valence-corrected chi connectivity index (χ0v) is 14.4. The molecule has 1 heterocycles. The van der Waals surface area contributed by atoms with Crippen molar-refractivity contribution in [2.45, 2.75) is 6.18 Å². The first-order valence-corrected chi connectivity index (χ1v) is 7.47. The van der Waals surface area contributed by atoms with E-state index in [9.17, 15) is 13.2 Å². The van der Waals surface area contributed by atoms with Gasteiger partial charge < -0.3 is 0 Å². The second-order valence-electron chi connectivity index (χ2n) is 4.17. The third-order valence-corrected chi connectivity index (χ3v) is 5.07. The molecule has 0 aliphatic carbocycles. The molecular formula is C13H2Cl5F3N2. The summed E-state index contributed by atoms with van der Waals surface area (Å²) in [6.45, 7) is 0. The zero-order valence-electron chi connectivity index (χ0n) is 10.6. The number of benzene rings is 1. The Morgan fingerprint density at radius 2 is 1.39 bits per heavy atom. The van der Waals surface area contributed by atoms with E-state index in [4.69, 9.17) is 63.3 Å². The molecule has 0 unspecified atom stereocenters. The van der Waals surface area contributed by atoms with E-state index in [1.165, 1.54) is 6.07 Å². The quantitative estimate of drug-likeness (QED) is 0.371. The first kappa shape index (κ1) is 18.4. The third kappa shape index (κ3) is 3.33. The Labute approximate surface area is 153 Å². The number of alkyl halides is 3. The van der Waals surface area contributed by atoms with Gasteiger partial charge in [0.1, 0.15) is 6.07 Å². The topological polar surface area (TPSA) is 36.7 Å². The Morgan fingerprint density at radius 1 is 0.913 bits per heavy atom. The lowest BCUT2D eigenvalue weighted by Gasteiger charge is -2.14. The van der Waals surface area contributed by atoms with Gasteiger partial charge in [0.25, 0.3) is 0 Å². The Morgan fingerprint density at radius 3 is 1.83 bits per heavy atom. The second-order valence-corrected chi connectivity index (χ2v) is 6.06. The van der Waals surface area contributed by atoms with Gasteiger partial charge in [0.05, 0.1) is 30.7 Å². The summed E-state index contributed by atoms with van der Waals surface area (Å²) in [5.74, 6) is 0. The second kappa shape index (κ2) is 6.54. The fourth-order valence-electron chi connectivity index (χ4n) is 1.77. The fourth-order valence-corrected chi connectivity index (χ4v) is 3.12. The van der Waals surface area contributed by atoms with Crippen molar-refractivity contribution in [1.29, 1.82) is 5.26 Å². The van der Waals surface area contributed by atoms with Crippen molar-refractivity contribution >= 4 is 58.0 Å². The van der Waals surface area contributed by atoms with Gasteiger partial charge in [-0.1, -0.05) is 58.0 Å². The van der Waals surface area contributed by atoms with Crippen LogP contribution in [0.4, 0.5) is 13.2 Å². The molecule has 0 aliphatic rings. The van der Waals surface area contributed by atoms with Gasteiger partial charge in [-0.25, -0.2) is 4.98 Å². The highest BCUT2D eigenvalue weighted by Gasteiger charge is 2.35. The minimum absolute atomic E-state index is 0.0600. The van der Waals surface area contributed by atoms with E-state index in [1.54, 1.807) is 0 Å². The maximum atomic E-state index is 13.0. The Bertz CT molecular complexity index is 814. The van der Waals surface area contributed by atoms with E-state index < -0.39 is 17.4 Å². The highest BCUT2D eigenvalue weighted by molar-refractivity contribution is 6.56. The molecule has 2 rings (SSSR count). The summed E-state index contributed by atoms with van der Waals surface area (Å²) in [6, 6.07) is 2.07. The van der Waals surface area contributed by atoms with Crippen molar-refractivity contribution in [2.24, 2.45) is 0 Å². The molecule has 0 radical (unpaired) electrons. The molecule has 23 heavy (non-hydrogen) atoms. The Hall–Kier alpha value is -0.900. The molecule has 0 N–H and O–H groups in total. The lowest BCUT2D eigenvalue weighted by Crippen LogP contribution is -2.09. The molecule has 1 aromatic heterocycles. The lowest BCUT2D eigenvalue weighted by atomic mass is 10.0. The number of rotatable bonds is 1. The van der Waals surface area contributed by atoms with Crippen LogP contribution in [0.1, 0.15) is 11.3 Å². The van der Waals surface area contributed by atoms with Crippen LogP contribution in [0.5, 0.6) is 0 Å². The number of hydrogen-bond donors (Lipinski definition) is 0. The number of halogens is 8. The monoisotopic (exact) mass is 418 g/mol. The molecule has 10 heteroatoms. The molecule has 0 amide bonds. The normalized spacial score (nSPS) is 11.4. The summed E-state index contributed by atoms with van der Waals surface area (Å²) in [5, 5.41) is 7.97. The van der Waals surface area contributed by atoms with Crippen molar-refractivity contribution in [3.8, 4) is 17.2 Å². The summed E-state index contributed by atoms with van der Waals surface area (Å²) >= 11 is 29.7. The van der Waals surface area contributed by atoms with Gasteiger partial charge in [0.2, 0.25) is 0 Å². The molecule has 0 atom stereocenters. The largest absolute Gasteiger partial charge is 0.419 e. The maximum absolute atomic E-state index is 13.0. The van der Waals surface area contributed by atoms with E-state index in [0.717, 1.165) is 6.20 Å². The molecule has 0 spiro atoms. The van der Waals surface area contributed by atoms with Crippen molar-refractivity contribution in [2.75, 3.05) is 0 Å². The molecule has 0 bridgehead atoms. The standard InChI is InChI=1S/C13H2Cl5F3N2/c14-8-7(9(15)11(17)12(18)10(8)16)4-1-5(13(19,20)21)6(2-22)23-3-4/h1,3H. The van der Waals surface area contributed by atoms with E-state index in [0.29, 0.717) is 6.07 Å². The highest BCUT2D eigenvalue weighted by Crippen LogP contribution is 2.48. The first-order chi connectivity index (χ1) is 10.6. The fraction of sp³-hybridized carbons (Fsp3) is 0.0769. The van der Waals surface area contributed by atoms with Crippen molar-refractivity contribution < 1.29 is 13.2 Å². The number of aromatic nitrogens is 1. The highest BCUT2D eigenvalue weighted by atomic mass is 35.5. The summed E-state index contributed by atoms with van der Waals surface area (Å²) < 4.78 is 39.1. The predicted octanol–water partition coefficient (Wildman–Crippen LogP) is 6.91. The van der Waals surface area contributed by atoms with Gasteiger partial charge in [0.15, 0.2) is 5.69 Å². The predicted molar refractivity (Wildman–Crippen MR) is 84.4 cm³/mol. The molecule has 2 aromatic rings. The molecule has 0 aliphatic heterocycles. The minimum Gasteiger partial charge on any atom is -0.244 e. The van der Waals surface area contributed by atoms with Gasteiger partial charge in [-0.3, -0.25) is 0 Å². The van der Waals surface area contributed by atoms with Gasteiger partial charge in [-0.2, -0.15) is 18.4 Å². The summed E-state index contributed by atoms with van der Waals surface area (Å²) in [4.78, 5) is 3.49. The van der Waals surface area contributed by atoms with E-state index >= 15 is 0 Å². The van der Waals surface area contributed by atoms with Crippen LogP contribution in [0.3, 0.4) is 0 Å². The van der Waals surface area contributed by atoms with Gasteiger partial charge in [-0.05, 0) is 6.07 Å². The number of pyridine rings is 1. The lowest BCUT2D eigenvalue weighted by molar-refractivity contribution is -0.138. The number of nitriles is 1. The molecule has 1 aromatic carbocycles. The summed E-state index contributed by atoms with van der Waals surface area (Å²) in [5.41, 5.74) is -2.17. The summed E-state index contributed by atoms with van der Waals surface area (Å²) in [6.07, 6.45) is -3.77. The average Bonchev–Trinajstić information content (AvgIpc) is 2.50. The molecule has 0 saturated carbocycles. The van der Waals surface area contributed by atoms with E-state index in [1.807, 2.05) is 0 Å². The van der Waals surface area contributed by atoms with Gasteiger partial charge in [0, 0.05) is 17.3 Å². The SMILES string of the molecule is N#Cc1ncc(-c2c(Cl)c(Cl)c(Cl)c(Cl)c2Cl)cc1C(F)(F)F. The third-order valence-electron chi connectivity index (χ3n) is 2.80. The van der Waals surface area contributed by atoms with Crippen LogP contribution in [-0.2, 0) is 6.18 Å². The Balaban J connectivity index is 2.82. The van der Waals surface area contributed by atoms with Gasteiger partial charge >= 0.3 is 6.18 Å². The van der Waals surface area contributed by atoms with Crippen LogP contribution in [0.15, 0.2) is 12.3 Å².